The van der Waals surface area contributed by atoms with E-state index in [0.29, 0.717) is 12.2 Å². The van der Waals surface area contributed by atoms with Crippen LogP contribution in [0.25, 0.3) is 0 Å². The summed E-state index contributed by atoms with van der Waals surface area (Å²) in [5.41, 5.74) is -3.20. The first-order valence-electron chi connectivity index (χ1n) is 3.91. The van der Waals surface area contributed by atoms with Gasteiger partial charge in [-0.2, -0.15) is 22.0 Å². The monoisotopic (exact) mass is 228 g/mol. The molecule has 0 nitrogen and oxygen atoms in total. The van der Waals surface area contributed by atoms with E-state index in [2.05, 4.69) is 0 Å². The van der Waals surface area contributed by atoms with Gasteiger partial charge in [-0.05, 0) is 6.08 Å². The third-order valence-corrected chi connectivity index (χ3v) is 1.93. The van der Waals surface area contributed by atoms with Crippen molar-refractivity contribution in [2.45, 2.75) is 11.8 Å². The van der Waals surface area contributed by atoms with Crippen molar-refractivity contribution in [3.05, 3.63) is 36.5 Å². The van der Waals surface area contributed by atoms with Crippen LogP contribution in [0.5, 0.6) is 0 Å². The third kappa shape index (κ3) is 2.64. The Morgan fingerprint density at radius 1 is 1.20 bits per heavy atom. The summed E-state index contributed by atoms with van der Waals surface area (Å²) in [6.45, 7) is 0. The number of hydrogen-bond donors (Lipinski definition) is 0. The Kier molecular flexibility index (Phi) is 2.97. The van der Waals surface area contributed by atoms with Gasteiger partial charge in [0.05, 0.1) is 0 Å². The summed E-state index contributed by atoms with van der Waals surface area (Å²) in [7, 11) is 0. The van der Waals surface area contributed by atoms with Crippen LogP contribution in [0.3, 0.4) is 0 Å². The van der Waals surface area contributed by atoms with Crippen molar-refractivity contribution in [3.63, 3.8) is 0 Å². The lowest BCUT2D eigenvalue weighted by atomic mass is 9.85. The minimum absolute atomic E-state index is 0.328. The van der Waals surface area contributed by atoms with Gasteiger partial charge in [0, 0.05) is 6.08 Å². The van der Waals surface area contributed by atoms with E-state index in [4.69, 9.17) is 0 Å². The van der Waals surface area contributed by atoms with E-state index in [9.17, 15) is 26.3 Å². The Hall–Kier alpha value is -1.20. The van der Waals surface area contributed by atoms with Crippen molar-refractivity contribution in [2.75, 3.05) is 0 Å². The molecule has 2 unspecified atom stereocenters. The van der Waals surface area contributed by atoms with Crippen LogP contribution in [0.15, 0.2) is 36.5 Å². The van der Waals surface area contributed by atoms with Gasteiger partial charge in [0.25, 0.3) is 6.08 Å². The summed E-state index contributed by atoms with van der Waals surface area (Å²) < 4.78 is 74.1. The highest BCUT2D eigenvalue weighted by molar-refractivity contribution is 5.29. The molecular weight excluding hydrogens is 222 g/mol. The molecule has 0 spiro atoms. The molecule has 1 aliphatic rings. The predicted molar refractivity (Wildman–Crippen MR) is 42.0 cm³/mol. The summed E-state index contributed by atoms with van der Waals surface area (Å²) in [5, 5.41) is 0. The van der Waals surface area contributed by atoms with E-state index in [1.807, 2.05) is 0 Å². The lowest BCUT2D eigenvalue weighted by molar-refractivity contribution is -0.181. The molecule has 0 fully saturated rings. The molecule has 1 rings (SSSR count). The first-order chi connectivity index (χ1) is 6.76. The maximum absolute atomic E-state index is 13.6. The molecule has 1 aliphatic carbocycles. The standard InChI is InChI=1S/C9H6F6/c10-7(11)5-8(12)4-2-1-3-6(8)9(13,14)15/h1-6H. The van der Waals surface area contributed by atoms with Crippen molar-refractivity contribution in [3.8, 4) is 0 Å². The topological polar surface area (TPSA) is 0 Å². The number of alkyl halides is 4. The van der Waals surface area contributed by atoms with Crippen LogP contribution in [0.1, 0.15) is 0 Å². The fourth-order valence-corrected chi connectivity index (χ4v) is 1.29. The highest BCUT2D eigenvalue weighted by Crippen LogP contribution is 2.42. The predicted octanol–water partition coefficient (Wildman–Crippen LogP) is 3.78. The zero-order chi connectivity index (χ0) is 11.7. The molecule has 0 aromatic rings. The van der Waals surface area contributed by atoms with Crippen molar-refractivity contribution >= 4 is 0 Å². The molecule has 0 bridgehead atoms. The summed E-state index contributed by atoms with van der Waals surface area (Å²) in [5.74, 6) is -2.57. The zero-order valence-electron chi connectivity index (χ0n) is 7.23. The molecular formula is C9H6F6. The molecule has 0 amide bonds. The van der Waals surface area contributed by atoms with Gasteiger partial charge in [0.1, 0.15) is 5.92 Å². The minimum atomic E-state index is -4.90. The fraction of sp³-hybridized carbons (Fsp3) is 0.333. The van der Waals surface area contributed by atoms with Gasteiger partial charge < -0.3 is 0 Å². The average molecular weight is 228 g/mol. The summed E-state index contributed by atoms with van der Waals surface area (Å²) in [6.07, 6.45) is -4.80. The molecule has 2 atom stereocenters. The van der Waals surface area contributed by atoms with Crippen LogP contribution in [0.2, 0.25) is 0 Å². The van der Waals surface area contributed by atoms with Crippen LogP contribution >= 0.6 is 0 Å². The van der Waals surface area contributed by atoms with Crippen molar-refractivity contribution < 1.29 is 26.3 Å². The average Bonchev–Trinajstić information content (AvgIpc) is 1.99. The summed E-state index contributed by atoms with van der Waals surface area (Å²) >= 11 is 0. The normalized spacial score (nSPS) is 30.4. The largest absolute Gasteiger partial charge is 0.398 e. The lowest BCUT2D eigenvalue weighted by Gasteiger charge is -2.29. The SMILES string of the molecule is FC(F)=CC1(F)C=CC=CC1C(F)(F)F. The van der Waals surface area contributed by atoms with E-state index in [1.165, 1.54) is 0 Å². The van der Waals surface area contributed by atoms with E-state index in [0.717, 1.165) is 12.2 Å². The Morgan fingerprint density at radius 2 is 1.80 bits per heavy atom. The van der Waals surface area contributed by atoms with Gasteiger partial charge in [-0.3, -0.25) is 0 Å². The Labute approximate surface area is 81.6 Å². The molecule has 0 radical (unpaired) electrons. The Balaban J connectivity index is 3.10. The fourth-order valence-electron chi connectivity index (χ4n) is 1.29. The van der Waals surface area contributed by atoms with Crippen LogP contribution in [-0.4, -0.2) is 11.8 Å². The highest BCUT2D eigenvalue weighted by Gasteiger charge is 2.51. The third-order valence-electron chi connectivity index (χ3n) is 1.93. The van der Waals surface area contributed by atoms with Gasteiger partial charge in [-0.25, -0.2) is 4.39 Å². The van der Waals surface area contributed by atoms with Gasteiger partial charge in [0.2, 0.25) is 0 Å². The molecule has 0 aliphatic heterocycles. The number of halogens is 6. The van der Waals surface area contributed by atoms with Gasteiger partial charge in [-0.1, -0.05) is 18.2 Å². The molecule has 15 heavy (non-hydrogen) atoms. The molecule has 84 valence electrons. The second-order valence-electron chi connectivity index (χ2n) is 3.02. The van der Waals surface area contributed by atoms with Crippen LogP contribution in [-0.2, 0) is 0 Å². The quantitative estimate of drug-likeness (QED) is 0.599. The molecule has 0 saturated carbocycles. The van der Waals surface area contributed by atoms with Crippen LogP contribution in [0, 0.1) is 5.92 Å². The van der Waals surface area contributed by atoms with E-state index >= 15 is 0 Å². The van der Waals surface area contributed by atoms with E-state index in [-0.39, 0.29) is 6.08 Å². The smallest absolute Gasteiger partial charge is 0.233 e. The molecule has 0 heterocycles. The van der Waals surface area contributed by atoms with E-state index < -0.39 is 23.8 Å². The van der Waals surface area contributed by atoms with Gasteiger partial charge >= 0.3 is 6.18 Å². The molecule has 0 N–H and O–H groups in total. The summed E-state index contributed by atoms with van der Waals surface area (Å²) in [6, 6.07) is 0. The maximum atomic E-state index is 13.6. The number of hydrogen-bond acceptors (Lipinski definition) is 0. The first kappa shape index (κ1) is 11.9. The van der Waals surface area contributed by atoms with Crippen LogP contribution in [0.4, 0.5) is 26.3 Å². The van der Waals surface area contributed by atoms with E-state index in [1.54, 1.807) is 0 Å². The minimum Gasteiger partial charge on any atom is -0.233 e. The van der Waals surface area contributed by atoms with Crippen molar-refractivity contribution in [1.29, 1.82) is 0 Å². The number of allylic oxidation sites excluding steroid dienone is 5. The van der Waals surface area contributed by atoms with Gasteiger partial charge in [0.15, 0.2) is 5.67 Å². The van der Waals surface area contributed by atoms with Crippen molar-refractivity contribution in [2.24, 2.45) is 5.92 Å². The Morgan fingerprint density at radius 3 is 2.27 bits per heavy atom. The van der Waals surface area contributed by atoms with Crippen LogP contribution < -0.4 is 0 Å². The zero-order valence-corrected chi connectivity index (χ0v) is 7.23. The molecule has 0 saturated heterocycles. The molecule has 0 aromatic heterocycles. The number of rotatable bonds is 1. The lowest BCUT2D eigenvalue weighted by Crippen LogP contribution is -2.39. The summed E-state index contributed by atoms with van der Waals surface area (Å²) in [4.78, 5) is 0. The molecule has 6 heteroatoms. The highest BCUT2D eigenvalue weighted by atomic mass is 19.4. The Bertz CT molecular complexity index is 320. The second kappa shape index (κ2) is 3.75. The second-order valence-corrected chi connectivity index (χ2v) is 3.02. The van der Waals surface area contributed by atoms with Gasteiger partial charge in [-0.15, -0.1) is 0 Å². The molecule has 0 aromatic carbocycles. The van der Waals surface area contributed by atoms with Crippen molar-refractivity contribution in [1.82, 2.24) is 0 Å². The maximum Gasteiger partial charge on any atom is 0.398 e. The first-order valence-corrected chi connectivity index (χ1v) is 3.91.